The molecule has 0 saturated heterocycles. The summed E-state index contributed by atoms with van der Waals surface area (Å²) in [6.07, 6.45) is -3.12. The maximum atomic E-state index is 11.1. The molecule has 0 amide bonds. The van der Waals surface area contributed by atoms with E-state index in [0.29, 0.717) is 0 Å². The van der Waals surface area contributed by atoms with Crippen LogP contribution in [0.15, 0.2) is 0 Å². The lowest BCUT2D eigenvalue weighted by Gasteiger charge is -2.40. The molecule has 0 aliphatic carbocycles. The van der Waals surface area contributed by atoms with E-state index in [-0.39, 0.29) is 0 Å². The first-order valence-corrected chi connectivity index (χ1v) is 6.13. The summed E-state index contributed by atoms with van der Waals surface area (Å²) in [5, 5.41) is 65.1. The topological polar surface area (TPSA) is 241 Å². The highest BCUT2D eigenvalue weighted by Crippen LogP contribution is 2.31. The van der Waals surface area contributed by atoms with Crippen LogP contribution in [0.5, 0.6) is 0 Å². The van der Waals surface area contributed by atoms with E-state index in [9.17, 15) is 59.4 Å². The van der Waals surface area contributed by atoms with Gasteiger partial charge in [0.1, 0.15) is 0 Å². The summed E-state index contributed by atoms with van der Waals surface area (Å²) in [7, 11) is 0. The van der Waals surface area contributed by atoms with Crippen LogP contribution in [-0.4, -0.2) is 35.8 Å². The Morgan fingerprint density at radius 3 is 0.875 bits per heavy atom. The number of carbonyl (C=O) groups excluding carboxylic acids is 6. The van der Waals surface area contributed by atoms with Gasteiger partial charge in [-0.2, -0.15) is 0 Å². The molecule has 0 bridgehead atoms. The van der Waals surface area contributed by atoms with E-state index in [0.717, 1.165) is 0 Å². The van der Waals surface area contributed by atoms with Crippen LogP contribution in [0.1, 0.15) is 12.8 Å². The molecular weight excluding hydrogens is 336 g/mol. The lowest BCUT2D eigenvalue weighted by molar-refractivity contribution is -0.346. The molecule has 12 heteroatoms. The van der Waals surface area contributed by atoms with Crippen molar-refractivity contribution >= 4 is 35.8 Å². The van der Waals surface area contributed by atoms with E-state index >= 15 is 0 Å². The van der Waals surface area contributed by atoms with Gasteiger partial charge in [-0.25, -0.2) is 0 Å². The lowest BCUT2D eigenvalue weighted by Crippen LogP contribution is -2.57. The van der Waals surface area contributed by atoms with Gasteiger partial charge in [-0.3, -0.25) is 0 Å². The van der Waals surface area contributed by atoms with Crippen LogP contribution in [0.25, 0.3) is 0 Å². The van der Waals surface area contributed by atoms with Gasteiger partial charge in [-0.05, 0) is 12.8 Å². The molecule has 0 spiro atoms. The number of hydrogen-bond donors (Lipinski definition) is 0. The van der Waals surface area contributed by atoms with Crippen LogP contribution in [-0.2, 0) is 28.8 Å². The molecule has 4 unspecified atom stereocenters. The molecule has 0 aromatic rings. The van der Waals surface area contributed by atoms with Crippen molar-refractivity contribution in [2.45, 2.75) is 12.8 Å². The average Bonchev–Trinajstić information content (AvgIpc) is 2.38. The number of carboxylic acids is 6. The summed E-state index contributed by atoms with van der Waals surface area (Å²) < 4.78 is 0. The second-order valence-electron chi connectivity index (χ2n) is 4.69. The van der Waals surface area contributed by atoms with Gasteiger partial charge < -0.3 is 59.4 Å². The maximum absolute atomic E-state index is 11.1. The van der Waals surface area contributed by atoms with Crippen LogP contribution in [0.3, 0.4) is 0 Å². The van der Waals surface area contributed by atoms with E-state index < -0.39 is 72.3 Å². The highest BCUT2D eigenvalue weighted by molar-refractivity contribution is 5.89. The van der Waals surface area contributed by atoms with Crippen LogP contribution >= 0.6 is 0 Å². The zero-order valence-corrected chi connectivity index (χ0v) is 11.6. The Balaban J connectivity index is 6.14. The third kappa shape index (κ3) is 5.55. The second kappa shape index (κ2) is 8.45. The molecule has 0 aromatic heterocycles. The van der Waals surface area contributed by atoms with Gasteiger partial charge in [0, 0.05) is 59.5 Å². The van der Waals surface area contributed by atoms with E-state index in [1.807, 2.05) is 0 Å². The standard InChI is InChI=1S/C12H14O12/c13-5(14)1-3(9(17)18)7(11(21)22)8(12(23)24)4(10(19)20)2-6(15)16/h3-4,7-8H,1-2H2,(H,13,14)(H,15,16)(H,17,18)(H,19,20)(H,21,22)(H,23,24)/p-6. The second-order valence-corrected chi connectivity index (χ2v) is 4.69. The van der Waals surface area contributed by atoms with Gasteiger partial charge in [0.2, 0.25) is 0 Å². The molecule has 134 valence electrons. The lowest BCUT2D eigenvalue weighted by atomic mass is 9.72. The summed E-state index contributed by atoms with van der Waals surface area (Å²) in [4.78, 5) is 65.1. The Kier molecular flexibility index (Phi) is 7.33. The highest BCUT2D eigenvalue weighted by Gasteiger charge is 2.38. The quantitative estimate of drug-likeness (QED) is 0.339. The minimum atomic E-state index is -2.81. The first-order valence-electron chi connectivity index (χ1n) is 6.13. The predicted molar refractivity (Wildman–Crippen MR) is 53.2 cm³/mol. The number of carboxylic acid groups (broad SMARTS) is 6. The van der Waals surface area contributed by atoms with Crippen molar-refractivity contribution in [1.82, 2.24) is 0 Å². The molecule has 0 aliphatic rings. The van der Waals surface area contributed by atoms with E-state index in [1.165, 1.54) is 0 Å². The van der Waals surface area contributed by atoms with Gasteiger partial charge in [0.25, 0.3) is 0 Å². The van der Waals surface area contributed by atoms with E-state index in [4.69, 9.17) is 0 Å². The predicted octanol–water partition coefficient (Wildman–Crippen LogP) is -9.27. The summed E-state index contributed by atoms with van der Waals surface area (Å²) >= 11 is 0. The molecule has 0 radical (unpaired) electrons. The molecule has 0 aliphatic heterocycles. The van der Waals surface area contributed by atoms with Crippen LogP contribution in [0.2, 0.25) is 0 Å². The number of carbonyl (C=O) groups is 6. The number of hydrogen-bond acceptors (Lipinski definition) is 12. The third-order valence-corrected chi connectivity index (χ3v) is 3.18. The number of aliphatic carboxylic acids is 6. The Morgan fingerprint density at radius 1 is 0.500 bits per heavy atom. The van der Waals surface area contributed by atoms with Crippen molar-refractivity contribution in [2.75, 3.05) is 0 Å². The smallest absolute Gasteiger partial charge is 0.0458 e. The van der Waals surface area contributed by atoms with Crippen molar-refractivity contribution in [2.24, 2.45) is 23.7 Å². The maximum Gasteiger partial charge on any atom is 0.0458 e. The SMILES string of the molecule is O=C([O-])CC(C(=O)[O-])C(C(=O)[O-])C(C(=O)[O-])C(CC(=O)[O-])C(=O)[O-]. The molecule has 0 N–H and O–H groups in total. The summed E-state index contributed by atoms with van der Waals surface area (Å²) in [6.45, 7) is 0. The van der Waals surface area contributed by atoms with E-state index in [2.05, 4.69) is 0 Å². The highest BCUT2D eigenvalue weighted by atomic mass is 16.4. The fourth-order valence-corrected chi connectivity index (χ4v) is 2.20. The van der Waals surface area contributed by atoms with Gasteiger partial charge >= 0.3 is 0 Å². The molecule has 0 heterocycles. The number of rotatable bonds is 11. The van der Waals surface area contributed by atoms with Crippen LogP contribution in [0, 0.1) is 23.7 Å². The Morgan fingerprint density at radius 2 is 0.750 bits per heavy atom. The minimum Gasteiger partial charge on any atom is -0.550 e. The molecule has 0 rings (SSSR count). The summed E-state index contributed by atoms with van der Waals surface area (Å²) in [5.74, 6) is -24.7. The van der Waals surface area contributed by atoms with Crippen molar-refractivity contribution in [3.05, 3.63) is 0 Å². The van der Waals surface area contributed by atoms with Crippen molar-refractivity contribution in [3.63, 3.8) is 0 Å². The van der Waals surface area contributed by atoms with Gasteiger partial charge in [-0.1, -0.05) is 0 Å². The van der Waals surface area contributed by atoms with Crippen molar-refractivity contribution in [1.29, 1.82) is 0 Å². The minimum absolute atomic E-state index is 1.56. The molecule has 0 fully saturated rings. The Bertz CT molecular complexity index is 514. The van der Waals surface area contributed by atoms with Gasteiger partial charge in [-0.15, -0.1) is 0 Å². The van der Waals surface area contributed by atoms with Crippen LogP contribution in [0.4, 0.5) is 0 Å². The molecule has 4 atom stereocenters. The monoisotopic (exact) mass is 344 g/mol. The summed E-state index contributed by atoms with van der Waals surface area (Å²) in [5.41, 5.74) is 0. The molecule has 0 saturated carbocycles. The zero-order valence-electron chi connectivity index (χ0n) is 11.6. The Labute approximate surface area is 132 Å². The molecular formula is C12H8O12-6. The van der Waals surface area contributed by atoms with E-state index in [1.54, 1.807) is 0 Å². The largest absolute Gasteiger partial charge is 0.550 e. The Hall–Kier alpha value is -3.18. The third-order valence-electron chi connectivity index (χ3n) is 3.18. The first kappa shape index (κ1) is 20.8. The first-order chi connectivity index (χ1) is 10.9. The van der Waals surface area contributed by atoms with Crippen molar-refractivity contribution in [3.8, 4) is 0 Å². The van der Waals surface area contributed by atoms with Crippen molar-refractivity contribution < 1.29 is 59.4 Å². The van der Waals surface area contributed by atoms with Gasteiger partial charge in [0.15, 0.2) is 0 Å². The molecule has 12 nitrogen and oxygen atoms in total. The molecule has 0 aromatic carbocycles. The normalized spacial score (nSPS) is 15.5. The fourth-order valence-electron chi connectivity index (χ4n) is 2.20. The fraction of sp³-hybridized carbons (Fsp3) is 0.500. The zero-order chi connectivity index (χ0) is 19.2. The molecule has 24 heavy (non-hydrogen) atoms. The van der Waals surface area contributed by atoms with Gasteiger partial charge in [0.05, 0.1) is 0 Å². The average molecular weight is 344 g/mol. The van der Waals surface area contributed by atoms with Crippen LogP contribution < -0.4 is 30.6 Å². The summed E-state index contributed by atoms with van der Waals surface area (Å²) in [6, 6.07) is 0.